The first-order valence-corrected chi connectivity index (χ1v) is 8.62. The molecule has 26 heavy (non-hydrogen) atoms. The third-order valence-corrected chi connectivity index (χ3v) is 4.80. The molecule has 1 aromatic carbocycles. The number of Topliss-reactive ketones (excluding diaryl/α,β-unsaturated/α-hetero) is 1. The molecule has 6 heteroatoms. The molecule has 0 spiro atoms. The zero-order valence-electron chi connectivity index (χ0n) is 14.8. The Balaban J connectivity index is 1.62. The number of hydrogen-bond donors (Lipinski definition) is 0. The number of anilines is 1. The second-order valence-electron chi connectivity index (χ2n) is 6.95. The third kappa shape index (κ3) is 4.06. The molecule has 1 saturated heterocycles. The van der Waals surface area contributed by atoms with Crippen LogP contribution in [0.4, 0.5) is 19.0 Å². The van der Waals surface area contributed by atoms with Crippen molar-refractivity contribution in [2.75, 3.05) is 18.0 Å². The van der Waals surface area contributed by atoms with Crippen molar-refractivity contribution in [1.82, 2.24) is 4.98 Å². The molecule has 0 amide bonds. The summed E-state index contributed by atoms with van der Waals surface area (Å²) in [5.41, 5.74) is 1.42. The van der Waals surface area contributed by atoms with Crippen molar-refractivity contribution >= 4 is 11.6 Å². The highest BCUT2D eigenvalue weighted by atomic mass is 19.4. The van der Waals surface area contributed by atoms with E-state index in [0.717, 1.165) is 17.2 Å². The van der Waals surface area contributed by atoms with Gasteiger partial charge in [0.2, 0.25) is 0 Å². The lowest BCUT2D eigenvalue weighted by molar-refractivity contribution is -0.141. The first kappa shape index (κ1) is 18.4. The molecule has 2 heterocycles. The number of carbonyl (C=O) groups is 1. The van der Waals surface area contributed by atoms with Gasteiger partial charge < -0.3 is 9.69 Å². The van der Waals surface area contributed by atoms with Crippen LogP contribution in [-0.2, 0) is 11.0 Å². The molecule has 1 aromatic heterocycles. The monoisotopic (exact) mass is 362 g/mol. The Kier molecular flexibility index (Phi) is 5.03. The van der Waals surface area contributed by atoms with Crippen LogP contribution < -0.4 is 4.90 Å². The molecule has 1 aliphatic rings. The van der Waals surface area contributed by atoms with Crippen molar-refractivity contribution in [2.24, 2.45) is 0 Å². The number of pyridine rings is 1. The minimum Gasteiger partial charge on any atom is -0.355 e. The fraction of sp³-hybridized carbons (Fsp3) is 0.400. The Morgan fingerprint density at radius 2 is 1.85 bits per heavy atom. The van der Waals surface area contributed by atoms with Gasteiger partial charge in [-0.25, -0.2) is 4.98 Å². The number of aromatic nitrogens is 1. The molecule has 1 fully saturated rings. The predicted molar refractivity (Wildman–Crippen MR) is 94.3 cm³/mol. The zero-order chi connectivity index (χ0) is 18.9. The van der Waals surface area contributed by atoms with Gasteiger partial charge >= 0.3 is 6.18 Å². The smallest absolute Gasteiger partial charge is 0.355 e. The highest BCUT2D eigenvalue weighted by molar-refractivity contribution is 5.76. The van der Waals surface area contributed by atoms with Crippen LogP contribution in [0.5, 0.6) is 0 Å². The average molecular weight is 362 g/mol. The predicted octanol–water partition coefficient (Wildman–Crippen LogP) is 4.79. The van der Waals surface area contributed by atoms with Crippen molar-refractivity contribution in [2.45, 2.75) is 38.3 Å². The van der Waals surface area contributed by atoms with Crippen LogP contribution in [0.3, 0.4) is 0 Å². The lowest BCUT2D eigenvalue weighted by Crippen LogP contribution is -2.45. The maximum atomic E-state index is 12.8. The van der Waals surface area contributed by atoms with Crippen LogP contribution in [-0.4, -0.2) is 23.9 Å². The number of benzene rings is 1. The maximum Gasteiger partial charge on any atom is 0.433 e. The molecular formula is C20H21F3N2O. The molecule has 0 bridgehead atoms. The zero-order valence-corrected chi connectivity index (χ0v) is 14.8. The van der Waals surface area contributed by atoms with Gasteiger partial charge in [0.25, 0.3) is 0 Å². The summed E-state index contributed by atoms with van der Waals surface area (Å²) in [6, 6.07) is 12.2. The molecule has 0 aliphatic carbocycles. The van der Waals surface area contributed by atoms with Crippen molar-refractivity contribution in [3.8, 4) is 0 Å². The summed E-state index contributed by atoms with van der Waals surface area (Å²) < 4.78 is 38.3. The van der Waals surface area contributed by atoms with Crippen LogP contribution in [0, 0.1) is 0 Å². The summed E-state index contributed by atoms with van der Waals surface area (Å²) in [6.45, 7) is 4.92. The van der Waals surface area contributed by atoms with Crippen molar-refractivity contribution in [1.29, 1.82) is 0 Å². The summed E-state index contributed by atoms with van der Waals surface area (Å²) in [6.07, 6.45) is -3.90. The van der Waals surface area contributed by atoms with E-state index < -0.39 is 11.9 Å². The van der Waals surface area contributed by atoms with Gasteiger partial charge in [-0.05, 0) is 36.1 Å². The van der Waals surface area contributed by atoms with Gasteiger partial charge in [0.1, 0.15) is 17.3 Å². The second-order valence-corrected chi connectivity index (χ2v) is 6.95. The van der Waals surface area contributed by atoms with Crippen LogP contribution >= 0.6 is 0 Å². The molecule has 1 aliphatic heterocycles. The Morgan fingerprint density at radius 3 is 2.42 bits per heavy atom. The molecular weight excluding hydrogens is 341 g/mol. The van der Waals surface area contributed by atoms with Gasteiger partial charge in [0.15, 0.2) is 0 Å². The van der Waals surface area contributed by atoms with Crippen LogP contribution in [0.15, 0.2) is 42.5 Å². The molecule has 0 radical (unpaired) electrons. The lowest BCUT2D eigenvalue weighted by atomic mass is 9.88. The van der Waals surface area contributed by atoms with Gasteiger partial charge in [-0.1, -0.05) is 37.3 Å². The van der Waals surface area contributed by atoms with Crippen LogP contribution in [0.1, 0.15) is 48.9 Å². The quantitative estimate of drug-likeness (QED) is 0.767. The van der Waals surface area contributed by atoms with Crippen LogP contribution in [0.25, 0.3) is 0 Å². The van der Waals surface area contributed by atoms with E-state index in [0.29, 0.717) is 25.3 Å². The van der Waals surface area contributed by atoms with Gasteiger partial charge in [-0.15, -0.1) is 0 Å². The first-order valence-electron chi connectivity index (χ1n) is 8.62. The fourth-order valence-corrected chi connectivity index (χ4v) is 3.28. The molecule has 2 aromatic rings. The van der Waals surface area contributed by atoms with Crippen molar-refractivity contribution in [3.05, 3.63) is 59.3 Å². The third-order valence-electron chi connectivity index (χ3n) is 4.80. The topological polar surface area (TPSA) is 33.2 Å². The largest absolute Gasteiger partial charge is 0.433 e. The number of halogens is 3. The Bertz CT molecular complexity index is 780. The summed E-state index contributed by atoms with van der Waals surface area (Å²) in [5.74, 6) is 1.00. The van der Waals surface area contributed by atoms with E-state index in [1.807, 2.05) is 36.1 Å². The molecule has 1 atom stereocenters. The minimum atomic E-state index is -4.42. The van der Waals surface area contributed by atoms with E-state index in [9.17, 15) is 18.0 Å². The molecule has 3 rings (SSSR count). The number of alkyl halides is 3. The minimum absolute atomic E-state index is 0.171. The highest BCUT2D eigenvalue weighted by Crippen LogP contribution is 2.34. The Morgan fingerprint density at radius 1 is 1.19 bits per heavy atom. The lowest BCUT2D eigenvalue weighted by Gasteiger charge is -2.40. The molecule has 0 unspecified atom stereocenters. The second kappa shape index (κ2) is 7.09. The summed E-state index contributed by atoms with van der Waals surface area (Å²) in [5, 5.41) is 0. The van der Waals surface area contributed by atoms with E-state index in [1.165, 1.54) is 6.07 Å². The van der Waals surface area contributed by atoms with E-state index in [1.54, 1.807) is 13.0 Å². The van der Waals surface area contributed by atoms with Gasteiger partial charge in [0.05, 0.1) is 0 Å². The number of carbonyl (C=O) groups excluding carboxylic acids is 1. The number of rotatable bonds is 5. The normalized spacial score (nSPS) is 16.3. The van der Waals surface area contributed by atoms with Crippen molar-refractivity contribution in [3.63, 3.8) is 0 Å². The van der Waals surface area contributed by atoms with Gasteiger partial charge in [-0.2, -0.15) is 13.2 Å². The number of ketones is 1. The first-order chi connectivity index (χ1) is 12.2. The summed E-state index contributed by atoms with van der Waals surface area (Å²) >= 11 is 0. The van der Waals surface area contributed by atoms with Crippen LogP contribution in [0.2, 0.25) is 0 Å². The Hall–Kier alpha value is -2.37. The molecule has 138 valence electrons. The van der Waals surface area contributed by atoms with E-state index >= 15 is 0 Å². The maximum absolute atomic E-state index is 12.8. The standard InChI is InChI=1S/C20H21F3N2O/c1-13(10-14(2)26)15-6-8-16(9-7-15)17-11-25(12-17)19-5-3-4-18(24-19)20(21,22)23/h3-9,13,17H,10-12H2,1-2H3/t13-/m1/s1. The molecule has 0 N–H and O–H groups in total. The average Bonchev–Trinajstić information content (AvgIpc) is 2.53. The van der Waals surface area contributed by atoms with Gasteiger partial charge in [0, 0.05) is 25.4 Å². The summed E-state index contributed by atoms with van der Waals surface area (Å²) in [4.78, 5) is 16.8. The van der Waals surface area contributed by atoms with E-state index in [-0.39, 0.29) is 17.6 Å². The number of hydrogen-bond acceptors (Lipinski definition) is 3. The molecule has 0 saturated carbocycles. The van der Waals surface area contributed by atoms with Gasteiger partial charge in [-0.3, -0.25) is 0 Å². The van der Waals surface area contributed by atoms with Crippen molar-refractivity contribution < 1.29 is 18.0 Å². The fourth-order valence-electron chi connectivity index (χ4n) is 3.28. The summed E-state index contributed by atoms with van der Waals surface area (Å²) in [7, 11) is 0. The molecule has 3 nitrogen and oxygen atoms in total. The van der Waals surface area contributed by atoms with E-state index in [4.69, 9.17) is 0 Å². The Labute approximate surface area is 150 Å². The van der Waals surface area contributed by atoms with E-state index in [2.05, 4.69) is 4.98 Å². The highest BCUT2D eigenvalue weighted by Gasteiger charge is 2.34. The SMILES string of the molecule is CC(=O)C[C@@H](C)c1ccc(C2CN(c3cccc(C(F)(F)F)n3)C2)cc1. The number of nitrogens with zero attached hydrogens (tertiary/aromatic N) is 2.